The molecule has 0 saturated heterocycles. The largest absolute Gasteiger partial charge is 0.368 e. The molecule has 0 unspecified atom stereocenters. The summed E-state index contributed by atoms with van der Waals surface area (Å²) in [6.07, 6.45) is 0. The van der Waals surface area contributed by atoms with Gasteiger partial charge >= 0.3 is 0 Å². The minimum absolute atomic E-state index is 0.111. The van der Waals surface area contributed by atoms with E-state index in [1.807, 2.05) is 13.8 Å². The number of halogens is 1. The minimum Gasteiger partial charge on any atom is -0.368 e. The summed E-state index contributed by atoms with van der Waals surface area (Å²) in [5.41, 5.74) is 7.99. The van der Waals surface area contributed by atoms with Crippen molar-refractivity contribution < 1.29 is 0 Å². The number of fused-ring (bicyclic) bond motifs is 1. The van der Waals surface area contributed by atoms with Gasteiger partial charge in [0.2, 0.25) is 5.95 Å². The van der Waals surface area contributed by atoms with Crippen molar-refractivity contribution in [2.75, 3.05) is 5.73 Å². The van der Waals surface area contributed by atoms with Crippen LogP contribution < -0.4 is 5.73 Å². The Balaban J connectivity index is 2.89. The Morgan fingerprint density at radius 2 is 1.64 bits per heavy atom. The van der Waals surface area contributed by atoms with Gasteiger partial charge in [-0.15, -0.1) is 0 Å². The van der Waals surface area contributed by atoms with Crippen LogP contribution in [-0.4, -0.2) is 19.9 Å². The van der Waals surface area contributed by atoms with Crippen LogP contribution >= 0.6 is 11.6 Å². The van der Waals surface area contributed by atoms with Crippen LogP contribution in [0.4, 0.5) is 5.95 Å². The Morgan fingerprint density at radius 1 is 1.00 bits per heavy atom. The van der Waals surface area contributed by atoms with E-state index in [1.54, 1.807) is 0 Å². The summed E-state index contributed by atoms with van der Waals surface area (Å²) >= 11 is 5.85. The molecule has 2 rings (SSSR count). The van der Waals surface area contributed by atoms with E-state index < -0.39 is 0 Å². The predicted octanol–water partition coefficient (Wildman–Crippen LogP) is 1.27. The van der Waals surface area contributed by atoms with Crippen LogP contribution in [0, 0.1) is 13.8 Å². The molecule has 0 saturated carbocycles. The summed E-state index contributed by atoms with van der Waals surface area (Å²) in [5, 5.41) is 0.239. The molecule has 5 nitrogen and oxygen atoms in total. The molecule has 0 bridgehead atoms. The first-order valence-corrected chi connectivity index (χ1v) is 4.39. The standard InChI is InChI=1S/C8H8ClN5/c1-3-4(2)12-7-5(11-3)6(9)13-8(10)14-7/h1-2H3,(H2,10,12,13,14). The fourth-order valence-electron chi connectivity index (χ4n) is 1.09. The lowest BCUT2D eigenvalue weighted by Crippen LogP contribution is -2.01. The first-order valence-electron chi connectivity index (χ1n) is 4.02. The average Bonchev–Trinajstić information content (AvgIpc) is 2.08. The molecule has 0 amide bonds. The zero-order valence-electron chi connectivity index (χ0n) is 7.74. The Hall–Kier alpha value is -1.49. The van der Waals surface area contributed by atoms with Crippen LogP contribution in [0.15, 0.2) is 0 Å². The van der Waals surface area contributed by atoms with Crippen LogP contribution in [0.5, 0.6) is 0 Å². The van der Waals surface area contributed by atoms with E-state index in [0.29, 0.717) is 11.2 Å². The minimum atomic E-state index is 0.111. The van der Waals surface area contributed by atoms with Crippen molar-refractivity contribution in [1.82, 2.24) is 19.9 Å². The van der Waals surface area contributed by atoms with E-state index >= 15 is 0 Å². The van der Waals surface area contributed by atoms with Gasteiger partial charge in [-0.1, -0.05) is 11.6 Å². The number of hydrogen-bond donors (Lipinski definition) is 1. The van der Waals surface area contributed by atoms with Gasteiger partial charge in [0, 0.05) is 0 Å². The number of aromatic nitrogens is 4. The van der Waals surface area contributed by atoms with Gasteiger partial charge in [-0.2, -0.15) is 9.97 Å². The third-order valence-corrected chi connectivity index (χ3v) is 2.18. The summed E-state index contributed by atoms with van der Waals surface area (Å²) in [7, 11) is 0. The fraction of sp³-hybridized carbons (Fsp3) is 0.250. The van der Waals surface area contributed by atoms with Crippen molar-refractivity contribution in [3.05, 3.63) is 16.5 Å². The molecule has 2 heterocycles. The van der Waals surface area contributed by atoms with E-state index in [4.69, 9.17) is 17.3 Å². The van der Waals surface area contributed by atoms with Crippen LogP contribution in [0.3, 0.4) is 0 Å². The third-order valence-electron chi connectivity index (χ3n) is 1.92. The summed E-state index contributed by atoms with van der Waals surface area (Å²) in [4.78, 5) is 16.2. The Morgan fingerprint density at radius 3 is 2.36 bits per heavy atom. The highest BCUT2D eigenvalue weighted by atomic mass is 35.5. The van der Waals surface area contributed by atoms with Crippen molar-refractivity contribution in [1.29, 1.82) is 0 Å². The molecular formula is C8H8ClN5. The molecule has 0 radical (unpaired) electrons. The normalized spacial score (nSPS) is 10.8. The molecule has 2 aromatic heterocycles. The zero-order valence-corrected chi connectivity index (χ0v) is 8.50. The molecule has 0 fully saturated rings. The summed E-state index contributed by atoms with van der Waals surface area (Å²) < 4.78 is 0. The lowest BCUT2D eigenvalue weighted by Gasteiger charge is -2.02. The Labute approximate surface area is 85.4 Å². The number of anilines is 1. The molecule has 0 aliphatic carbocycles. The van der Waals surface area contributed by atoms with Gasteiger partial charge in [-0.05, 0) is 13.8 Å². The molecule has 0 aliphatic heterocycles. The van der Waals surface area contributed by atoms with Crippen LogP contribution in [0.2, 0.25) is 5.15 Å². The Bertz CT molecular complexity index is 511. The van der Waals surface area contributed by atoms with Gasteiger partial charge in [-0.3, -0.25) is 0 Å². The lowest BCUT2D eigenvalue weighted by molar-refractivity contribution is 1.06. The highest BCUT2D eigenvalue weighted by Gasteiger charge is 2.08. The van der Waals surface area contributed by atoms with Crippen molar-refractivity contribution in [2.24, 2.45) is 0 Å². The summed E-state index contributed by atoms with van der Waals surface area (Å²) in [6.45, 7) is 3.71. The first kappa shape index (κ1) is 9.08. The van der Waals surface area contributed by atoms with Gasteiger partial charge in [0.05, 0.1) is 11.4 Å². The second-order valence-corrected chi connectivity index (χ2v) is 3.30. The number of nitrogen functional groups attached to an aromatic ring is 1. The fourth-order valence-corrected chi connectivity index (χ4v) is 1.31. The van der Waals surface area contributed by atoms with E-state index in [2.05, 4.69) is 19.9 Å². The smallest absolute Gasteiger partial charge is 0.223 e. The highest BCUT2D eigenvalue weighted by Crippen LogP contribution is 2.18. The van der Waals surface area contributed by atoms with Gasteiger partial charge in [0.1, 0.15) is 5.52 Å². The molecule has 0 atom stereocenters. The molecule has 14 heavy (non-hydrogen) atoms. The number of nitrogens with zero attached hydrogens (tertiary/aromatic N) is 4. The van der Waals surface area contributed by atoms with Gasteiger partial charge in [0.15, 0.2) is 10.8 Å². The van der Waals surface area contributed by atoms with E-state index in [-0.39, 0.29) is 11.1 Å². The maximum atomic E-state index is 5.85. The quantitative estimate of drug-likeness (QED) is 0.662. The van der Waals surface area contributed by atoms with Crippen LogP contribution in [0.25, 0.3) is 11.2 Å². The van der Waals surface area contributed by atoms with Crippen molar-refractivity contribution >= 4 is 28.7 Å². The number of aryl methyl sites for hydroxylation is 2. The SMILES string of the molecule is Cc1nc2nc(N)nc(Cl)c2nc1C. The molecule has 2 aromatic rings. The highest BCUT2D eigenvalue weighted by molar-refractivity contribution is 6.33. The average molecular weight is 210 g/mol. The number of nitrogens with two attached hydrogens (primary N) is 1. The lowest BCUT2D eigenvalue weighted by atomic mass is 10.3. The van der Waals surface area contributed by atoms with E-state index in [0.717, 1.165) is 11.4 Å². The van der Waals surface area contributed by atoms with Crippen LogP contribution in [0.1, 0.15) is 11.4 Å². The molecule has 0 aromatic carbocycles. The zero-order chi connectivity index (χ0) is 10.3. The van der Waals surface area contributed by atoms with Gasteiger partial charge in [0.25, 0.3) is 0 Å². The molecular weight excluding hydrogens is 202 g/mol. The number of rotatable bonds is 0. The van der Waals surface area contributed by atoms with E-state index in [1.165, 1.54) is 0 Å². The molecule has 2 N–H and O–H groups in total. The summed E-state index contributed by atoms with van der Waals surface area (Å²) in [6, 6.07) is 0. The first-order chi connectivity index (χ1) is 6.58. The second-order valence-electron chi connectivity index (χ2n) is 2.94. The molecule has 0 aliphatic rings. The monoisotopic (exact) mass is 209 g/mol. The maximum Gasteiger partial charge on any atom is 0.223 e. The van der Waals surface area contributed by atoms with Crippen molar-refractivity contribution in [3.63, 3.8) is 0 Å². The number of hydrogen-bond acceptors (Lipinski definition) is 5. The maximum absolute atomic E-state index is 5.85. The summed E-state index contributed by atoms with van der Waals surface area (Å²) in [5.74, 6) is 0.111. The topological polar surface area (TPSA) is 77.6 Å². The predicted molar refractivity (Wildman–Crippen MR) is 54.0 cm³/mol. The second kappa shape index (κ2) is 3.02. The Kier molecular flexibility index (Phi) is 1.96. The molecule has 0 spiro atoms. The van der Waals surface area contributed by atoms with E-state index in [9.17, 15) is 0 Å². The molecule has 72 valence electrons. The van der Waals surface area contributed by atoms with Gasteiger partial charge < -0.3 is 5.73 Å². The van der Waals surface area contributed by atoms with Crippen molar-refractivity contribution in [2.45, 2.75) is 13.8 Å². The van der Waals surface area contributed by atoms with Gasteiger partial charge in [-0.25, -0.2) is 9.97 Å². The molecule has 6 heteroatoms. The van der Waals surface area contributed by atoms with Crippen molar-refractivity contribution in [3.8, 4) is 0 Å². The van der Waals surface area contributed by atoms with Crippen LogP contribution in [-0.2, 0) is 0 Å². The third kappa shape index (κ3) is 1.35.